The van der Waals surface area contributed by atoms with Gasteiger partial charge in [-0.25, -0.2) is 0 Å². The van der Waals surface area contributed by atoms with Gasteiger partial charge in [0.1, 0.15) is 0 Å². The van der Waals surface area contributed by atoms with Crippen LogP contribution < -0.4 is 5.32 Å². The summed E-state index contributed by atoms with van der Waals surface area (Å²) in [6.45, 7) is 2.74. The first-order valence-corrected chi connectivity index (χ1v) is 9.78. The zero-order valence-corrected chi connectivity index (χ0v) is 15.9. The zero-order valence-electron chi connectivity index (χ0n) is 14.4. The fraction of sp³-hybridized carbons (Fsp3) is 0.474. The van der Waals surface area contributed by atoms with Gasteiger partial charge in [-0.15, -0.1) is 0 Å². The van der Waals surface area contributed by atoms with Crippen molar-refractivity contribution in [1.82, 2.24) is 15.4 Å². The number of halogens is 2. The number of nitrogens with one attached hydrogen (secondary N) is 1. The first-order valence-electron chi connectivity index (χ1n) is 9.02. The van der Waals surface area contributed by atoms with Crippen molar-refractivity contribution in [2.45, 2.75) is 44.2 Å². The summed E-state index contributed by atoms with van der Waals surface area (Å²) in [6, 6.07) is 7.87. The highest BCUT2D eigenvalue weighted by Crippen LogP contribution is 2.29. The summed E-state index contributed by atoms with van der Waals surface area (Å²) >= 11 is 12.1. The predicted molar refractivity (Wildman–Crippen MR) is 101 cm³/mol. The third-order valence-corrected chi connectivity index (χ3v) is 5.72. The van der Waals surface area contributed by atoms with Crippen LogP contribution in [0.15, 0.2) is 28.8 Å². The van der Waals surface area contributed by atoms with Gasteiger partial charge < -0.3 is 9.84 Å². The summed E-state index contributed by atoms with van der Waals surface area (Å²) < 4.78 is 5.28. The summed E-state index contributed by atoms with van der Waals surface area (Å²) in [5.41, 5.74) is 2.01. The van der Waals surface area contributed by atoms with Gasteiger partial charge in [-0.1, -0.05) is 34.4 Å². The van der Waals surface area contributed by atoms with Gasteiger partial charge in [-0.2, -0.15) is 0 Å². The lowest BCUT2D eigenvalue weighted by Gasteiger charge is -2.31. The van der Waals surface area contributed by atoms with E-state index in [1.54, 1.807) is 6.07 Å². The van der Waals surface area contributed by atoms with Crippen molar-refractivity contribution < 1.29 is 9.32 Å². The van der Waals surface area contributed by atoms with Gasteiger partial charge in [-0.05, 0) is 49.9 Å². The topological polar surface area (TPSA) is 58.4 Å². The number of hydrogen-bond acceptors (Lipinski definition) is 4. The SMILES string of the molecule is O=C(NC1CC1)c1cc([C@H]2CCCN(Cc3ccc(Cl)c(Cl)c3)C2)no1. The fourth-order valence-electron chi connectivity index (χ4n) is 3.41. The molecule has 1 aromatic heterocycles. The normalized spacial score (nSPS) is 20.9. The second-order valence-corrected chi connectivity index (χ2v) is 8.00. The van der Waals surface area contributed by atoms with Crippen molar-refractivity contribution in [3.8, 4) is 0 Å². The van der Waals surface area contributed by atoms with Gasteiger partial charge >= 0.3 is 0 Å². The fourth-order valence-corrected chi connectivity index (χ4v) is 3.73. The van der Waals surface area contributed by atoms with Crippen LogP contribution in [0.5, 0.6) is 0 Å². The number of rotatable bonds is 5. The average Bonchev–Trinajstić information content (AvgIpc) is 3.30. The number of aromatic nitrogens is 1. The third-order valence-electron chi connectivity index (χ3n) is 4.98. The predicted octanol–water partition coefficient (Wildman–Crippen LogP) is 4.25. The molecule has 1 saturated heterocycles. The molecule has 4 rings (SSSR count). The maximum Gasteiger partial charge on any atom is 0.290 e. The Morgan fingerprint density at radius 2 is 2.08 bits per heavy atom. The van der Waals surface area contributed by atoms with Crippen molar-refractivity contribution in [3.63, 3.8) is 0 Å². The summed E-state index contributed by atoms with van der Waals surface area (Å²) in [5, 5.41) is 8.25. The summed E-state index contributed by atoms with van der Waals surface area (Å²) in [6.07, 6.45) is 4.24. The number of piperidine rings is 1. The van der Waals surface area contributed by atoms with Crippen molar-refractivity contribution >= 4 is 29.1 Å². The van der Waals surface area contributed by atoms with Crippen LogP contribution in [-0.4, -0.2) is 35.1 Å². The number of likely N-dealkylation sites (tertiary alicyclic amines) is 1. The highest BCUT2D eigenvalue weighted by Gasteiger charge is 2.28. The number of amides is 1. The minimum absolute atomic E-state index is 0.158. The van der Waals surface area contributed by atoms with Gasteiger partial charge in [0.05, 0.1) is 15.7 Å². The highest BCUT2D eigenvalue weighted by atomic mass is 35.5. The number of carbonyl (C=O) groups is 1. The smallest absolute Gasteiger partial charge is 0.290 e. The van der Waals surface area contributed by atoms with E-state index in [2.05, 4.69) is 15.4 Å². The quantitative estimate of drug-likeness (QED) is 0.824. The Morgan fingerprint density at radius 3 is 2.85 bits per heavy atom. The molecule has 2 aromatic rings. The molecule has 0 spiro atoms. The molecule has 1 N–H and O–H groups in total. The molecule has 1 aliphatic carbocycles. The van der Waals surface area contributed by atoms with E-state index in [0.29, 0.717) is 21.8 Å². The molecule has 26 heavy (non-hydrogen) atoms. The van der Waals surface area contributed by atoms with E-state index in [1.807, 2.05) is 18.2 Å². The molecule has 2 fully saturated rings. The summed E-state index contributed by atoms with van der Waals surface area (Å²) in [5.74, 6) is 0.431. The molecule has 0 radical (unpaired) electrons. The summed E-state index contributed by atoms with van der Waals surface area (Å²) in [4.78, 5) is 14.5. The Kier molecular flexibility index (Phi) is 5.20. The van der Waals surface area contributed by atoms with Crippen molar-refractivity contribution in [1.29, 1.82) is 0 Å². The number of benzene rings is 1. The molecule has 7 heteroatoms. The Labute approximate surface area is 162 Å². The molecule has 0 unspecified atom stereocenters. The van der Waals surface area contributed by atoms with E-state index in [4.69, 9.17) is 27.7 Å². The zero-order chi connectivity index (χ0) is 18.1. The molecule has 1 aromatic carbocycles. The first-order chi connectivity index (χ1) is 12.6. The Morgan fingerprint density at radius 1 is 1.23 bits per heavy atom. The van der Waals surface area contributed by atoms with Crippen molar-refractivity contribution in [2.24, 2.45) is 0 Å². The molecule has 1 saturated carbocycles. The lowest BCUT2D eigenvalue weighted by atomic mass is 9.94. The van der Waals surface area contributed by atoms with Gasteiger partial charge in [0.25, 0.3) is 5.91 Å². The van der Waals surface area contributed by atoms with E-state index < -0.39 is 0 Å². The molecule has 2 aliphatic rings. The maximum atomic E-state index is 12.1. The lowest BCUT2D eigenvalue weighted by molar-refractivity contribution is 0.0914. The minimum atomic E-state index is -0.158. The van der Waals surface area contributed by atoms with Crippen LogP contribution in [0.3, 0.4) is 0 Å². The Hall–Kier alpha value is -1.56. The minimum Gasteiger partial charge on any atom is -0.351 e. The molecular formula is C19H21Cl2N3O2. The first kappa shape index (κ1) is 17.8. The number of hydrogen-bond donors (Lipinski definition) is 1. The molecule has 1 atom stereocenters. The van der Waals surface area contributed by atoms with Crippen LogP contribution >= 0.6 is 23.2 Å². The standard InChI is InChI=1S/C19H21Cl2N3O2/c20-15-6-3-12(8-16(15)21)10-24-7-1-2-13(11-24)17-9-18(26-23-17)19(25)22-14-4-5-14/h3,6,8-9,13-14H,1-2,4-5,7,10-11H2,(H,22,25)/t13-/m0/s1. The van der Waals surface area contributed by atoms with Crippen LogP contribution in [0.25, 0.3) is 0 Å². The Balaban J connectivity index is 1.39. The Bertz CT molecular complexity index is 804. The van der Waals surface area contributed by atoms with Gasteiger partial charge in [0, 0.05) is 31.1 Å². The van der Waals surface area contributed by atoms with Crippen LogP contribution in [-0.2, 0) is 6.54 Å². The number of nitrogens with zero attached hydrogens (tertiary/aromatic N) is 2. The largest absolute Gasteiger partial charge is 0.351 e. The van der Waals surface area contributed by atoms with Gasteiger partial charge in [-0.3, -0.25) is 9.69 Å². The highest BCUT2D eigenvalue weighted by molar-refractivity contribution is 6.42. The average molecular weight is 394 g/mol. The molecular weight excluding hydrogens is 373 g/mol. The van der Waals surface area contributed by atoms with Crippen LogP contribution in [0.2, 0.25) is 10.0 Å². The third kappa shape index (κ3) is 4.22. The van der Waals surface area contributed by atoms with E-state index in [-0.39, 0.29) is 11.8 Å². The molecule has 1 aliphatic heterocycles. The molecule has 1 amide bonds. The molecule has 0 bridgehead atoms. The van der Waals surface area contributed by atoms with E-state index in [9.17, 15) is 4.79 Å². The van der Waals surface area contributed by atoms with Crippen LogP contribution in [0.1, 0.15) is 53.4 Å². The van der Waals surface area contributed by atoms with E-state index >= 15 is 0 Å². The van der Waals surface area contributed by atoms with Gasteiger partial charge in [0.2, 0.25) is 5.76 Å². The monoisotopic (exact) mass is 393 g/mol. The molecule has 138 valence electrons. The second kappa shape index (κ2) is 7.59. The summed E-state index contributed by atoms with van der Waals surface area (Å²) in [7, 11) is 0. The van der Waals surface area contributed by atoms with E-state index in [0.717, 1.165) is 56.6 Å². The second-order valence-electron chi connectivity index (χ2n) is 7.19. The van der Waals surface area contributed by atoms with Crippen molar-refractivity contribution in [3.05, 3.63) is 51.3 Å². The molecule has 5 nitrogen and oxygen atoms in total. The molecule has 2 heterocycles. The lowest BCUT2D eigenvalue weighted by Crippen LogP contribution is -2.34. The van der Waals surface area contributed by atoms with Crippen LogP contribution in [0.4, 0.5) is 0 Å². The van der Waals surface area contributed by atoms with E-state index in [1.165, 1.54) is 0 Å². The van der Waals surface area contributed by atoms with Gasteiger partial charge in [0.15, 0.2) is 0 Å². The maximum absolute atomic E-state index is 12.1. The van der Waals surface area contributed by atoms with Crippen molar-refractivity contribution in [2.75, 3.05) is 13.1 Å². The van der Waals surface area contributed by atoms with Crippen LogP contribution in [0, 0.1) is 0 Å². The number of carbonyl (C=O) groups excluding carboxylic acids is 1.